The van der Waals surface area contributed by atoms with E-state index in [1.54, 1.807) is 26.4 Å². The zero-order chi connectivity index (χ0) is 19.6. The molecule has 28 heavy (non-hydrogen) atoms. The molecule has 0 heterocycles. The summed E-state index contributed by atoms with van der Waals surface area (Å²) < 4.78 is 16.0. The van der Waals surface area contributed by atoms with Gasteiger partial charge >= 0.3 is 0 Å². The molecule has 0 amide bonds. The maximum absolute atomic E-state index is 6.10. The highest BCUT2D eigenvalue weighted by molar-refractivity contribution is 14.0. The average Bonchev–Trinajstić information content (AvgIpc) is 2.66. The van der Waals surface area contributed by atoms with Crippen molar-refractivity contribution in [2.45, 2.75) is 19.8 Å². The topological polar surface area (TPSA) is 78.1 Å². The number of hydrogen-bond acceptors (Lipinski definition) is 4. The zero-order valence-corrected chi connectivity index (χ0v) is 19.4. The van der Waals surface area contributed by atoms with Gasteiger partial charge in [-0.15, -0.1) is 24.0 Å². The van der Waals surface area contributed by atoms with E-state index in [0.29, 0.717) is 29.9 Å². The Labute approximate surface area is 188 Å². The van der Waals surface area contributed by atoms with E-state index in [0.717, 1.165) is 30.0 Å². The normalized spacial score (nSPS) is 10.8. The Morgan fingerprint density at radius 2 is 1.79 bits per heavy atom. The number of aryl methyl sites for hydroxylation is 1. The molecular weight excluding hydrogens is 493 g/mol. The number of ether oxygens (including phenoxy) is 3. The second-order valence-corrected chi connectivity index (χ2v) is 6.17. The number of nitrogens with two attached hydrogens (primary N) is 1. The van der Waals surface area contributed by atoms with E-state index in [-0.39, 0.29) is 24.0 Å². The molecule has 8 heteroatoms. The summed E-state index contributed by atoms with van der Waals surface area (Å²) in [5.74, 6) is 2.47. The van der Waals surface area contributed by atoms with Crippen molar-refractivity contribution >= 4 is 47.2 Å². The van der Waals surface area contributed by atoms with Gasteiger partial charge in [0, 0.05) is 12.2 Å². The number of anilines is 1. The first kappa shape index (κ1) is 24.2. The van der Waals surface area contributed by atoms with Crippen LogP contribution in [-0.2, 0) is 6.42 Å². The van der Waals surface area contributed by atoms with Crippen LogP contribution in [-0.4, -0.2) is 33.3 Å². The largest absolute Gasteiger partial charge is 0.495 e. The number of benzene rings is 2. The number of nitrogens with one attached hydrogen (secondary N) is 1. The first-order valence-electron chi connectivity index (χ1n) is 8.77. The smallest absolute Gasteiger partial charge is 0.193 e. The van der Waals surface area contributed by atoms with Gasteiger partial charge in [-0.2, -0.15) is 0 Å². The molecule has 0 spiro atoms. The molecule has 0 atom stereocenters. The molecule has 0 aromatic heterocycles. The molecule has 0 saturated heterocycles. The van der Waals surface area contributed by atoms with Crippen LogP contribution in [0.2, 0.25) is 5.02 Å². The summed E-state index contributed by atoms with van der Waals surface area (Å²) in [4.78, 5) is 4.35. The van der Waals surface area contributed by atoms with Crippen molar-refractivity contribution in [2.24, 2.45) is 10.7 Å². The molecule has 154 valence electrons. The van der Waals surface area contributed by atoms with Crippen LogP contribution in [0.1, 0.15) is 18.9 Å². The van der Waals surface area contributed by atoms with Crippen LogP contribution >= 0.6 is 35.6 Å². The molecule has 0 aliphatic rings. The summed E-state index contributed by atoms with van der Waals surface area (Å²) in [7, 11) is 3.21. The Kier molecular flexibility index (Phi) is 10.8. The second kappa shape index (κ2) is 12.6. The molecule has 0 aliphatic carbocycles. The fourth-order valence-electron chi connectivity index (χ4n) is 2.56. The monoisotopic (exact) mass is 519 g/mol. The van der Waals surface area contributed by atoms with E-state index in [4.69, 9.17) is 31.5 Å². The third-order valence-corrected chi connectivity index (χ3v) is 4.15. The lowest BCUT2D eigenvalue weighted by atomic mass is 10.1. The Morgan fingerprint density at radius 1 is 1.07 bits per heavy atom. The van der Waals surface area contributed by atoms with Crippen LogP contribution in [0.4, 0.5) is 5.69 Å². The predicted molar refractivity (Wildman–Crippen MR) is 126 cm³/mol. The van der Waals surface area contributed by atoms with E-state index in [1.165, 1.54) is 5.56 Å². The standard InChI is InChI=1S/C20H26ClN3O3.HI/c1-4-27-19-12-14(7-9-18(19)26-3)6-5-11-23-20(22)24-15-8-10-17(25-2)16(21)13-15;/h7-10,12-13H,4-6,11H2,1-3H3,(H3,22,23,24);1H. The van der Waals surface area contributed by atoms with E-state index in [2.05, 4.69) is 10.3 Å². The van der Waals surface area contributed by atoms with Gasteiger partial charge in [0.1, 0.15) is 5.75 Å². The lowest BCUT2D eigenvalue weighted by Crippen LogP contribution is -2.22. The number of rotatable bonds is 9. The van der Waals surface area contributed by atoms with Crippen molar-refractivity contribution in [3.8, 4) is 17.2 Å². The van der Waals surface area contributed by atoms with Crippen molar-refractivity contribution in [1.82, 2.24) is 0 Å². The van der Waals surface area contributed by atoms with Crippen LogP contribution in [0.3, 0.4) is 0 Å². The Balaban J connectivity index is 0.00000392. The van der Waals surface area contributed by atoms with Crippen LogP contribution < -0.4 is 25.3 Å². The molecule has 6 nitrogen and oxygen atoms in total. The van der Waals surface area contributed by atoms with Gasteiger partial charge in [0.2, 0.25) is 0 Å². The molecule has 0 bridgehead atoms. The Morgan fingerprint density at radius 3 is 2.43 bits per heavy atom. The van der Waals surface area contributed by atoms with Crippen molar-refractivity contribution in [3.05, 3.63) is 47.0 Å². The maximum Gasteiger partial charge on any atom is 0.193 e. The summed E-state index contributed by atoms with van der Waals surface area (Å²) in [6.07, 6.45) is 1.73. The van der Waals surface area contributed by atoms with Gasteiger partial charge in [-0.25, -0.2) is 0 Å². The zero-order valence-electron chi connectivity index (χ0n) is 16.3. The highest BCUT2D eigenvalue weighted by Gasteiger charge is 2.05. The van der Waals surface area contributed by atoms with E-state index in [1.807, 2.05) is 31.2 Å². The second-order valence-electron chi connectivity index (χ2n) is 5.76. The average molecular weight is 520 g/mol. The van der Waals surface area contributed by atoms with Gasteiger partial charge < -0.3 is 25.3 Å². The maximum atomic E-state index is 6.10. The van der Waals surface area contributed by atoms with Crippen molar-refractivity contribution < 1.29 is 14.2 Å². The van der Waals surface area contributed by atoms with Gasteiger partial charge in [-0.05, 0) is 55.7 Å². The molecule has 0 fully saturated rings. The Hall–Kier alpha value is -1.87. The van der Waals surface area contributed by atoms with Crippen molar-refractivity contribution in [1.29, 1.82) is 0 Å². The van der Waals surface area contributed by atoms with Crippen LogP contribution in [0.15, 0.2) is 41.4 Å². The summed E-state index contributed by atoms with van der Waals surface area (Å²) in [5.41, 5.74) is 7.87. The van der Waals surface area contributed by atoms with E-state index < -0.39 is 0 Å². The number of hydrogen-bond donors (Lipinski definition) is 2. The van der Waals surface area contributed by atoms with Gasteiger partial charge in [-0.1, -0.05) is 17.7 Å². The predicted octanol–water partition coefficient (Wildman–Crippen LogP) is 4.73. The SMILES string of the molecule is CCOc1cc(CCCN=C(N)Nc2ccc(OC)c(Cl)c2)ccc1OC.I. The van der Waals surface area contributed by atoms with E-state index >= 15 is 0 Å². The fraction of sp³-hybridized carbons (Fsp3) is 0.350. The third-order valence-electron chi connectivity index (χ3n) is 3.86. The molecule has 0 aliphatic heterocycles. The van der Waals surface area contributed by atoms with Crippen molar-refractivity contribution in [3.63, 3.8) is 0 Å². The first-order valence-corrected chi connectivity index (χ1v) is 9.15. The lowest BCUT2D eigenvalue weighted by molar-refractivity contribution is 0.310. The van der Waals surface area contributed by atoms with Crippen LogP contribution in [0.25, 0.3) is 0 Å². The van der Waals surface area contributed by atoms with E-state index in [9.17, 15) is 0 Å². The Bertz CT molecular complexity index is 787. The summed E-state index contributed by atoms with van der Waals surface area (Å²) in [6.45, 7) is 3.16. The van der Waals surface area contributed by atoms with Gasteiger partial charge in [0.15, 0.2) is 17.5 Å². The number of aliphatic imine (C=N–C) groups is 1. The highest BCUT2D eigenvalue weighted by Crippen LogP contribution is 2.29. The number of halogens is 2. The molecule has 0 unspecified atom stereocenters. The summed E-state index contributed by atoms with van der Waals surface area (Å²) in [5, 5.41) is 3.54. The van der Waals surface area contributed by atoms with Crippen LogP contribution in [0, 0.1) is 0 Å². The minimum atomic E-state index is 0. The van der Waals surface area contributed by atoms with Gasteiger partial charge in [0.05, 0.1) is 25.8 Å². The third kappa shape index (κ3) is 7.27. The quantitative estimate of drug-likeness (QED) is 0.217. The molecule has 3 N–H and O–H groups in total. The summed E-state index contributed by atoms with van der Waals surface area (Å²) >= 11 is 6.10. The number of nitrogens with zero attached hydrogens (tertiary/aromatic N) is 1. The first-order chi connectivity index (χ1) is 13.1. The number of methoxy groups -OCH3 is 2. The van der Waals surface area contributed by atoms with Crippen LogP contribution in [0.5, 0.6) is 17.2 Å². The number of guanidine groups is 1. The summed E-state index contributed by atoms with van der Waals surface area (Å²) in [6, 6.07) is 11.3. The lowest BCUT2D eigenvalue weighted by Gasteiger charge is -2.11. The highest BCUT2D eigenvalue weighted by atomic mass is 127. The molecule has 0 saturated carbocycles. The molecular formula is C20H27ClIN3O3. The minimum absolute atomic E-state index is 0. The van der Waals surface area contributed by atoms with Gasteiger partial charge in [-0.3, -0.25) is 4.99 Å². The molecule has 0 radical (unpaired) electrons. The van der Waals surface area contributed by atoms with Crippen molar-refractivity contribution in [2.75, 3.05) is 32.7 Å². The minimum Gasteiger partial charge on any atom is -0.495 e. The molecule has 2 aromatic carbocycles. The molecule has 2 rings (SSSR count). The molecule has 2 aromatic rings. The fourth-order valence-corrected chi connectivity index (χ4v) is 2.82. The van der Waals surface area contributed by atoms with Gasteiger partial charge in [0.25, 0.3) is 0 Å².